The summed E-state index contributed by atoms with van der Waals surface area (Å²) in [6.07, 6.45) is 1.27. The fourth-order valence-corrected chi connectivity index (χ4v) is 2.00. The largest absolute Gasteiger partial charge is 0.491 e. The highest BCUT2D eigenvalue weighted by Crippen LogP contribution is 2.20. The van der Waals surface area contributed by atoms with Crippen LogP contribution in [-0.4, -0.2) is 6.10 Å². The number of ether oxygens (including phenoxy) is 1. The topological polar surface area (TPSA) is 21.3 Å². The highest BCUT2D eigenvalue weighted by molar-refractivity contribution is 5.49. The molecule has 0 heterocycles. The highest BCUT2D eigenvalue weighted by atomic mass is 16.5. The van der Waals surface area contributed by atoms with Crippen LogP contribution in [0, 0.1) is 6.92 Å². The number of anilines is 1. The molecule has 0 radical (unpaired) electrons. The minimum absolute atomic E-state index is 0.251. The van der Waals surface area contributed by atoms with E-state index < -0.39 is 0 Å². The van der Waals surface area contributed by atoms with Crippen molar-refractivity contribution < 1.29 is 4.74 Å². The third kappa shape index (κ3) is 4.02. The van der Waals surface area contributed by atoms with Gasteiger partial charge in [0.25, 0.3) is 0 Å². The average molecular weight is 269 g/mol. The van der Waals surface area contributed by atoms with Gasteiger partial charge in [-0.15, -0.1) is 0 Å². The van der Waals surface area contributed by atoms with Crippen molar-refractivity contribution in [3.05, 3.63) is 59.7 Å². The first kappa shape index (κ1) is 14.4. The number of nitrogens with one attached hydrogen (secondary N) is 1. The van der Waals surface area contributed by atoms with Gasteiger partial charge >= 0.3 is 0 Å². The first-order chi connectivity index (χ1) is 9.69. The zero-order valence-electron chi connectivity index (χ0n) is 12.5. The molecular weight excluding hydrogens is 246 g/mol. The average Bonchev–Trinajstić information content (AvgIpc) is 2.47. The molecule has 0 aliphatic rings. The molecule has 0 aliphatic heterocycles. The van der Waals surface area contributed by atoms with E-state index in [0.717, 1.165) is 24.4 Å². The molecule has 0 aromatic heterocycles. The maximum Gasteiger partial charge on any atom is 0.121 e. The van der Waals surface area contributed by atoms with Crippen LogP contribution < -0.4 is 10.1 Å². The van der Waals surface area contributed by atoms with Crippen molar-refractivity contribution in [2.45, 2.75) is 39.8 Å². The first-order valence-corrected chi connectivity index (χ1v) is 7.24. The smallest absolute Gasteiger partial charge is 0.121 e. The van der Waals surface area contributed by atoms with Crippen LogP contribution >= 0.6 is 0 Å². The molecule has 0 aliphatic carbocycles. The first-order valence-electron chi connectivity index (χ1n) is 7.24. The Bertz CT molecular complexity index is 551. The van der Waals surface area contributed by atoms with Gasteiger partial charge < -0.3 is 10.1 Å². The zero-order valence-corrected chi connectivity index (χ0v) is 12.5. The van der Waals surface area contributed by atoms with Crippen molar-refractivity contribution in [3.63, 3.8) is 0 Å². The van der Waals surface area contributed by atoms with Gasteiger partial charge in [0.1, 0.15) is 5.75 Å². The fourth-order valence-electron chi connectivity index (χ4n) is 2.00. The predicted octanol–water partition coefficient (Wildman–Crippen LogP) is 4.78. The van der Waals surface area contributed by atoms with Crippen LogP contribution in [0.25, 0.3) is 0 Å². The molecular formula is C18H23NO. The molecule has 2 rings (SSSR count). The van der Waals surface area contributed by atoms with Crippen LogP contribution in [0.4, 0.5) is 5.69 Å². The number of hydrogen-bond donors (Lipinski definition) is 1. The molecule has 0 amide bonds. The van der Waals surface area contributed by atoms with E-state index in [1.807, 2.05) is 12.1 Å². The summed E-state index contributed by atoms with van der Waals surface area (Å²) in [4.78, 5) is 0. The van der Waals surface area contributed by atoms with E-state index in [1.54, 1.807) is 0 Å². The summed E-state index contributed by atoms with van der Waals surface area (Å²) >= 11 is 0. The molecule has 106 valence electrons. The van der Waals surface area contributed by atoms with Crippen LogP contribution in [0.15, 0.2) is 48.5 Å². The summed E-state index contributed by atoms with van der Waals surface area (Å²) in [7, 11) is 0. The lowest BCUT2D eigenvalue weighted by atomic mass is 10.1. The molecule has 1 unspecified atom stereocenters. The zero-order chi connectivity index (χ0) is 14.4. The second-order valence-electron chi connectivity index (χ2n) is 5.14. The van der Waals surface area contributed by atoms with Crippen LogP contribution in [-0.2, 0) is 6.54 Å². The molecule has 0 spiro atoms. The van der Waals surface area contributed by atoms with Crippen molar-refractivity contribution in [2.24, 2.45) is 0 Å². The van der Waals surface area contributed by atoms with Gasteiger partial charge in [-0.2, -0.15) is 0 Å². The van der Waals surface area contributed by atoms with E-state index >= 15 is 0 Å². The Labute approximate surface area is 121 Å². The van der Waals surface area contributed by atoms with E-state index in [2.05, 4.69) is 62.5 Å². The van der Waals surface area contributed by atoms with Gasteiger partial charge in [0, 0.05) is 18.3 Å². The van der Waals surface area contributed by atoms with Crippen molar-refractivity contribution >= 4 is 5.69 Å². The van der Waals surface area contributed by atoms with Crippen molar-refractivity contribution in [1.82, 2.24) is 0 Å². The Morgan fingerprint density at radius 2 is 1.90 bits per heavy atom. The number of hydrogen-bond acceptors (Lipinski definition) is 2. The van der Waals surface area contributed by atoms with Gasteiger partial charge in [0.2, 0.25) is 0 Å². The van der Waals surface area contributed by atoms with E-state index in [-0.39, 0.29) is 6.10 Å². The van der Waals surface area contributed by atoms with E-state index in [4.69, 9.17) is 4.74 Å². The molecule has 0 saturated carbocycles. The molecule has 1 N–H and O–H groups in total. The van der Waals surface area contributed by atoms with E-state index in [1.165, 1.54) is 11.1 Å². The van der Waals surface area contributed by atoms with Gasteiger partial charge in [-0.3, -0.25) is 0 Å². The molecule has 2 nitrogen and oxygen atoms in total. The molecule has 2 aromatic carbocycles. The molecule has 0 bridgehead atoms. The predicted molar refractivity (Wildman–Crippen MR) is 85.3 cm³/mol. The Morgan fingerprint density at radius 3 is 2.65 bits per heavy atom. The van der Waals surface area contributed by atoms with Crippen molar-refractivity contribution in [1.29, 1.82) is 0 Å². The monoisotopic (exact) mass is 269 g/mol. The summed E-state index contributed by atoms with van der Waals surface area (Å²) in [5.74, 6) is 0.925. The summed E-state index contributed by atoms with van der Waals surface area (Å²) < 4.78 is 5.84. The quantitative estimate of drug-likeness (QED) is 0.814. The Hall–Kier alpha value is -1.96. The minimum atomic E-state index is 0.251. The van der Waals surface area contributed by atoms with Gasteiger partial charge in [0.15, 0.2) is 0 Å². The molecule has 20 heavy (non-hydrogen) atoms. The van der Waals surface area contributed by atoms with Gasteiger partial charge in [-0.05, 0) is 43.5 Å². The molecule has 1 atom stereocenters. The number of benzene rings is 2. The van der Waals surface area contributed by atoms with Crippen molar-refractivity contribution in [3.8, 4) is 5.75 Å². The number of rotatable bonds is 6. The standard InChI is InChI=1S/C18H23NO/c1-4-15(3)20-18-11-7-10-17(12-18)19-13-16-9-6-5-8-14(16)2/h5-12,15,19H,4,13H2,1-3H3. The molecule has 0 saturated heterocycles. The Kier molecular flexibility index (Phi) is 5.05. The maximum atomic E-state index is 5.84. The third-order valence-corrected chi connectivity index (χ3v) is 3.49. The molecule has 2 heteroatoms. The third-order valence-electron chi connectivity index (χ3n) is 3.49. The summed E-state index contributed by atoms with van der Waals surface area (Å²) in [6.45, 7) is 7.19. The second kappa shape index (κ2) is 6.99. The van der Waals surface area contributed by atoms with Crippen LogP contribution in [0.5, 0.6) is 5.75 Å². The minimum Gasteiger partial charge on any atom is -0.491 e. The second-order valence-corrected chi connectivity index (χ2v) is 5.14. The van der Waals surface area contributed by atoms with E-state index in [9.17, 15) is 0 Å². The lowest BCUT2D eigenvalue weighted by molar-refractivity contribution is 0.217. The lowest BCUT2D eigenvalue weighted by Crippen LogP contribution is -2.09. The van der Waals surface area contributed by atoms with Crippen LogP contribution in [0.1, 0.15) is 31.4 Å². The Morgan fingerprint density at radius 1 is 1.10 bits per heavy atom. The van der Waals surface area contributed by atoms with E-state index in [0.29, 0.717) is 0 Å². The summed E-state index contributed by atoms with van der Waals surface area (Å²) in [5.41, 5.74) is 3.72. The van der Waals surface area contributed by atoms with Crippen LogP contribution in [0.2, 0.25) is 0 Å². The fraction of sp³-hybridized carbons (Fsp3) is 0.333. The maximum absolute atomic E-state index is 5.84. The van der Waals surface area contributed by atoms with Crippen LogP contribution in [0.3, 0.4) is 0 Å². The molecule has 0 fully saturated rings. The van der Waals surface area contributed by atoms with Gasteiger partial charge in [0.05, 0.1) is 6.10 Å². The van der Waals surface area contributed by atoms with Gasteiger partial charge in [-0.25, -0.2) is 0 Å². The normalized spacial score (nSPS) is 11.9. The number of aryl methyl sites for hydroxylation is 1. The van der Waals surface area contributed by atoms with Crippen molar-refractivity contribution in [2.75, 3.05) is 5.32 Å². The summed E-state index contributed by atoms with van der Waals surface area (Å²) in [6, 6.07) is 16.6. The molecule has 2 aromatic rings. The lowest BCUT2D eigenvalue weighted by Gasteiger charge is -2.14. The SMILES string of the molecule is CCC(C)Oc1cccc(NCc2ccccc2C)c1. The highest BCUT2D eigenvalue weighted by Gasteiger charge is 2.02. The Balaban J connectivity index is 2.00. The van der Waals surface area contributed by atoms with Gasteiger partial charge in [-0.1, -0.05) is 37.3 Å². The summed E-state index contributed by atoms with van der Waals surface area (Å²) in [5, 5.41) is 3.45.